The van der Waals surface area contributed by atoms with Crippen molar-refractivity contribution in [3.8, 4) is 0 Å². The average Bonchev–Trinajstić information content (AvgIpc) is 3.38. The number of aromatic nitrogens is 3. The number of rotatable bonds is 7. The summed E-state index contributed by atoms with van der Waals surface area (Å²) in [5.74, 6) is 2.52. The maximum atomic E-state index is 4.69. The molecule has 0 aliphatic carbocycles. The van der Waals surface area contributed by atoms with E-state index in [1.807, 2.05) is 29.9 Å². The fourth-order valence-corrected chi connectivity index (χ4v) is 3.92. The molecule has 0 saturated carbocycles. The summed E-state index contributed by atoms with van der Waals surface area (Å²) in [5.41, 5.74) is 0. The molecule has 3 rings (SSSR count). The second kappa shape index (κ2) is 8.95. The number of aliphatic imine (C=N–C) groups is 1. The molecule has 0 aliphatic rings. The summed E-state index contributed by atoms with van der Waals surface area (Å²) in [6.07, 6.45) is 1.08. The predicted molar refractivity (Wildman–Crippen MR) is 109 cm³/mol. The summed E-state index contributed by atoms with van der Waals surface area (Å²) < 4.78 is 1.97. The molecule has 0 bridgehead atoms. The fraction of sp³-hybridized carbons (Fsp3) is 0.389. The molecule has 2 N–H and O–H groups in total. The van der Waals surface area contributed by atoms with E-state index in [2.05, 4.69) is 62.4 Å². The Balaban J connectivity index is 1.65. The summed E-state index contributed by atoms with van der Waals surface area (Å²) in [7, 11) is 1.96. The van der Waals surface area contributed by atoms with E-state index in [-0.39, 0.29) is 0 Å². The number of hydrogen-bond donors (Lipinski definition) is 2. The minimum Gasteiger partial charge on any atom is -0.351 e. The van der Waals surface area contributed by atoms with Crippen LogP contribution in [0.1, 0.15) is 33.2 Å². The van der Waals surface area contributed by atoms with Gasteiger partial charge in [0.1, 0.15) is 12.4 Å². The topological polar surface area (TPSA) is 67.1 Å². The Labute approximate surface area is 162 Å². The second-order valence-electron chi connectivity index (χ2n) is 5.90. The van der Waals surface area contributed by atoms with Gasteiger partial charge in [-0.1, -0.05) is 13.0 Å². The van der Waals surface area contributed by atoms with E-state index in [0.717, 1.165) is 37.1 Å². The highest BCUT2D eigenvalue weighted by Gasteiger charge is 2.06. The first-order chi connectivity index (χ1) is 12.7. The lowest BCUT2D eigenvalue weighted by atomic mass is 10.3. The third kappa shape index (κ3) is 4.92. The van der Waals surface area contributed by atoms with Crippen molar-refractivity contribution in [1.82, 2.24) is 25.4 Å². The average molecular weight is 389 g/mol. The molecule has 6 nitrogen and oxygen atoms in total. The van der Waals surface area contributed by atoms with Crippen LogP contribution in [0.25, 0.3) is 0 Å². The number of thiophene rings is 2. The first-order valence-corrected chi connectivity index (χ1v) is 10.3. The molecule has 3 aromatic heterocycles. The van der Waals surface area contributed by atoms with Gasteiger partial charge < -0.3 is 15.2 Å². The lowest BCUT2D eigenvalue weighted by molar-refractivity contribution is 0.754. The first kappa shape index (κ1) is 18.6. The van der Waals surface area contributed by atoms with Crippen LogP contribution < -0.4 is 10.6 Å². The van der Waals surface area contributed by atoms with Crippen LogP contribution in [0.15, 0.2) is 34.6 Å². The highest BCUT2D eigenvalue weighted by atomic mass is 32.1. The van der Waals surface area contributed by atoms with Crippen LogP contribution >= 0.6 is 22.7 Å². The van der Waals surface area contributed by atoms with E-state index in [0.29, 0.717) is 6.54 Å². The Bertz CT molecular complexity index is 847. The van der Waals surface area contributed by atoms with Crippen molar-refractivity contribution < 1.29 is 0 Å². The minimum atomic E-state index is 0.488. The maximum absolute atomic E-state index is 4.69. The number of nitrogens with zero attached hydrogens (tertiary/aromatic N) is 4. The van der Waals surface area contributed by atoms with Crippen LogP contribution in [0.2, 0.25) is 0 Å². The molecular formula is C18H24N6S2. The molecule has 138 valence electrons. The normalized spacial score (nSPS) is 11.7. The van der Waals surface area contributed by atoms with Gasteiger partial charge in [0, 0.05) is 21.7 Å². The van der Waals surface area contributed by atoms with Gasteiger partial charge in [0.15, 0.2) is 11.8 Å². The molecule has 0 radical (unpaired) electrons. The summed E-state index contributed by atoms with van der Waals surface area (Å²) in [5, 5.41) is 17.2. The van der Waals surface area contributed by atoms with Gasteiger partial charge in [-0.2, -0.15) is 0 Å². The fourth-order valence-electron chi connectivity index (χ4n) is 2.37. The van der Waals surface area contributed by atoms with Gasteiger partial charge in [0.2, 0.25) is 0 Å². The van der Waals surface area contributed by atoms with Crippen molar-refractivity contribution in [3.05, 3.63) is 55.9 Å². The third-order valence-electron chi connectivity index (χ3n) is 4.07. The third-order valence-corrected chi connectivity index (χ3v) is 6.17. The van der Waals surface area contributed by atoms with E-state index in [4.69, 9.17) is 0 Å². The van der Waals surface area contributed by atoms with E-state index >= 15 is 0 Å². The first-order valence-electron chi connectivity index (χ1n) is 8.62. The van der Waals surface area contributed by atoms with Gasteiger partial charge in [0.25, 0.3) is 0 Å². The van der Waals surface area contributed by atoms with Gasteiger partial charge in [-0.15, -0.1) is 32.9 Å². The van der Waals surface area contributed by atoms with E-state index < -0.39 is 0 Å². The Hall–Kier alpha value is -2.19. The Morgan fingerprint density at radius 3 is 2.50 bits per heavy atom. The molecule has 0 aliphatic heterocycles. The highest BCUT2D eigenvalue weighted by molar-refractivity contribution is 7.12. The van der Waals surface area contributed by atoms with Gasteiger partial charge in [-0.05, 0) is 36.9 Å². The summed E-state index contributed by atoms with van der Waals surface area (Å²) in [4.78, 5) is 8.68. The quantitative estimate of drug-likeness (QED) is 0.482. The highest BCUT2D eigenvalue weighted by Crippen LogP contribution is 2.16. The summed E-state index contributed by atoms with van der Waals surface area (Å²) >= 11 is 3.58. The van der Waals surface area contributed by atoms with Gasteiger partial charge in [-0.25, -0.2) is 4.99 Å². The molecular weight excluding hydrogens is 364 g/mol. The lowest BCUT2D eigenvalue weighted by Gasteiger charge is -2.11. The van der Waals surface area contributed by atoms with Crippen LogP contribution in [-0.2, 0) is 33.1 Å². The zero-order chi connectivity index (χ0) is 18.4. The molecule has 0 fully saturated rings. The van der Waals surface area contributed by atoms with Crippen LogP contribution in [0, 0.1) is 6.92 Å². The van der Waals surface area contributed by atoms with Crippen molar-refractivity contribution >= 4 is 28.6 Å². The monoisotopic (exact) mass is 388 g/mol. The van der Waals surface area contributed by atoms with Crippen molar-refractivity contribution in [3.63, 3.8) is 0 Å². The zero-order valence-electron chi connectivity index (χ0n) is 15.3. The van der Waals surface area contributed by atoms with E-state index in [9.17, 15) is 0 Å². The summed E-state index contributed by atoms with van der Waals surface area (Å²) in [6, 6.07) is 8.56. The zero-order valence-corrected chi connectivity index (χ0v) is 17.0. The second-order valence-corrected chi connectivity index (χ2v) is 8.18. The van der Waals surface area contributed by atoms with Crippen molar-refractivity contribution in [1.29, 1.82) is 0 Å². The molecule has 8 heteroatoms. The van der Waals surface area contributed by atoms with Crippen molar-refractivity contribution in [2.75, 3.05) is 0 Å². The van der Waals surface area contributed by atoms with Crippen LogP contribution in [0.5, 0.6) is 0 Å². The Morgan fingerprint density at radius 2 is 1.88 bits per heavy atom. The molecule has 0 spiro atoms. The van der Waals surface area contributed by atoms with Gasteiger partial charge in [-0.3, -0.25) is 0 Å². The van der Waals surface area contributed by atoms with Crippen LogP contribution in [-0.4, -0.2) is 20.7 Å². The Kier molecular flexibility index (Phi) is 6.40. The molecule has 3 heterocycles. The number of guanidine groups is 1. The molecule has 0 amide bonds. The summed E-state index contributed by atoms with van der Waals surface area (Å²) in [6.45, 7) is 6.13. The van der Waals surface area contributed by atoms with E-state index in [1.165, 1.54) is 14.6 Å². The van der Waals surface area contributed by atoms with Crippen molar-refractivity contribution in [2.24, 2.45) is 12.0 Å². The molecule has 3 aromatic rings. The molecule has 0 unspecified atom stereocenters. The number of nitrogens with one attached hydrogen (secondary N) is 2. The maximum Gasteiger partial charge on any atom is 0.192 e. The number of aryl methyl sites for hydroxylation is 2. The SMILES string of the molecule is CCc1ccc(CNC(=NCc2nnc(C)n2C)NCc2cccs2)s1. The van der Waals surface area contributed by atoms with Gasteiger partial charge >= 0.3 is 0 Å². The minimum absolute atomic E-state index is 0.488. The molecule has 0 saturated heterocycles. The smallest absolute Gasteiger partial charge is 0.192 e. The molecule has 26 heavy (non-hydrogen) atoms. The van der Waals surface area contributed by atoms with Crippen LogP contribution in [0.4, 0.5) is 0 Å². The molecule has 0 atom stereocenters. The van der Waals surface area contributed by atoms with E-state index in [1.54, 1.807) is 11.3 Å². The van der Waals surface area contributed by atoms with Gasteiger partial charge in [0.05, 0.1) is 13.1 Å². The number of hydrogen-bond acceptors (Lipinski definition) is 5. The largest absolute Gasteiger partial charge is 0.351 e. The van der Waals surface area contributed by atoms with Crippen LogP contribution in [0.3, 0.4) is 0 Å². The Morgan fingerprint density at radius 1 is 1.12 bits per heavy atom. The molecule has 0 aromatic carbocycles. The standard InChI is InChI=1S/C18H24N6S2/c1-4-14-7-8-16(26-14)11-20-18(19-10-15-6-5-9-25-15)21-12-17-23-22-13(2)24(17)3/h5-9H,4,10-12H2,1-3H3,(H2,19,20,21). The van der Waals surface area contributed by atoms with Crippen molar-refractivity contribution in [2.45, 2.75) is 39.9 Å². The predicted octanol–water partition coefficient (Wildman–Crippen LogP) is 3.24. The lowest BCUT2D eigenvalue weighted by Crippen LogP contribution is -2.36.